The highest BCUT2D eigenvalue weighted by Crippen LogP contribution is 2.23. The molecule has 7 nitrogen and oxygen atoms in total. The van der Waals surface area contributed by atoms with Gasteiger partial charge < -0.3 is 24.8 Å². The molecule has 22 heavy (non-hydrogen) atoms. The van der Waals surface area contributed by atoms with Gasteiger partial charge in [0, 0.05) is 26.8 Å². The number of carboxylic acids is 1. The Hall–Kier alpha value is -1.34. The Kier molecular flexibility index (Phi) is 6.62. The second kappa shape index (κ2) is 7.78. The van der Waals surface area contributed by atoms with Crippen molar-refractivity contribution in [3.63, 3.8) is 0 Å². The van der Waals surface area contributed by atoms with Gasteiger partial charge in [-0.3, -0.25) is 0 Å². The molecule has 0 aliphatic carbocycles. The number of carbonyl (C=O) groups is 2. The lowest BCUT2D eigenvalue weighted by Gasteiger charge is -2.28. The Balaban J connectivity index is 2.55. The highest BCUT2D eigenvalue weighted by atomic mass is 16.6. The summed E-state index contributed by atoms with van der Waals surface area (Å²) in [7, 11) is 1.66. The molecule has 0 radical (unpaired) electrons. The van der Waals surface area contributed by atoms with E-state index in [4.69, 9.17) is 9.47 Å². The van der Waals surface area contributed by atoms with Crippen LogP contribution in [-0.4, -0.2) is 66.6 Å². The van der Waals surface area contributed by atoms with Crippen LogP contribution in [0.5, 0.6) is 0 Å². The molecule has 128 valence electrons. The molecule has 7 heteroatoms. The number of ether oxygens (including phenoxy) is 2. The fraction of sp³-hybridized carbons (Fsp3) is 0.867. The third kappa shape index (κ3) is 5.81. The van der Waals surface area contributed by atoms with Crippen LogP contribution in [0.2, 0.25) is 0 Å². The van der Waals surface area contributed by atoms with E-state index in [-0.39, 0.29) is 0 Å². The monoisotopic (exact) mass is 316 g/mol. The molecule has 0 aromatic rings. The summed E-state index contributed by atoms with van der Waals surface area (Å²) in [6, 6.07) is 0. The van der Waals surface area contributed by atoms with Gasteiger partial charge in [0.1, 0.15) is 5.60 Å². The first-order chi connectivity index (χ1) is 10.2. The van der Waals surface area contributed by atoms with Crippen molar-refractivity contribution in [2.75, 3.05) is 33.4 Å². The van der Waals surface area contributed by atoms with Gasteiger partial charge in [0.2, 0.25) is 0 Å². The van der Waals surface area contributed by atoms with E-state index >= 15 is 0 Å². The van der Waals surface area contributed by atoms with E-state index in [9.17, 15) is 14.7 Å². The molecule has 2 N–H and O–H groups in total. The summed E-state index contributed by atoms with van der Waals surface area (Å²) in [5, 5.41) is 12.1. The number of likely N-dealkylation sites (tertiary alicyclic amines) is 1. The molecule has 0 saturated carbocycles. The molecule has 1 fully saturated rings. The lowest BCUT2D eigenvalue weighted by molar-refractivity contribution is -0.144. The SMILES string of the molecule is COCCCCN1CCC(NC(=O)OC(C)(C)C)(C(=O)O)C1. The minimum atomic E-state index is -1.26. The van der Waals surface area contributed by atoms with Crippen molar-refractivity contribution in [1.82, 2.24) is 10.2 Å². The molecule has 1 rings (SSSR count). The van der Waals surface area contributed by atoms with Gasteiger partial charge in [-0.25, -0.2) is 9.59 Å². The van der Waals surface area contributed by atoms with E-state index in [1.54, 1.807) is 27.9 Å². The Morgan fingerprint density at radius 2 is 2.00 bits per heavy atom. The smallest absolute Gasteiger partial charge is 0.408 e. The number of amides is 1. The van der Waals surface area contributed by atoms with Crippen molar-refractivity contribution >= 4 is 12.1 Å². The number of alkyl carbamates (subject to hydrolysis) is 1. The van der Waals surface area contributed by atoms with Crippen LogP contribution < -0.4 is 5.32 Å². The summed E-state index contributed by atoms with van der Waals surface area (Å²) >= 11 is 0. The van der Waals surface area contributed by atoms with Gasteiger partial charge >= 0.3 is 12.1 Å². The summed E-state index contributed by atoms with van der Waals surface area (Å²) < 4.78 is 10.2. The summed E-state index contributed by atoms with van der Waals surface area (Å²) in [5.41, 5.74) is -1.91. The summed E-state index contributed by atoms with van der Waals surface area (Å²) in [4.78, 5) is 25.6. The molecular formula is C15H28N2O5. The predicted octanol–water partition coefficient (Wildman–Crippen LogP) is 1.47. The third-order valence-electron chi connectivity index (χ3n) is 3.57. The normalized spacial score (nSPS) is 22.5. The quantitative estimate of drug-likeness (QED) is 0.692. The van der Waals surface area contributed by atoms with E-state index in [0.29, 0.717) is 26.1 Å². The van der Waals surface area contributed by atoms with E-state index in [0.717, 1.165) is 19.4 Å². The number of aliphatic carboxylic acids is 1. The number of nitrogens with one attached hydrogen (secondary N) is 1. The van der Waals surface area contributed by atoms with Crippen LogP contribution in [0.25, 0.3) is 0 Å². The largest absolute Gasteiger partial charge is 0.479 e. The van der Waals surface area contributed by atoms with Gasteiger partial charge in [-0.1, -0.05) is 0 Å². The zero-order valence-corrected chi connectivity index (χ0v) is 14.0. The number of nitrogens with zero attached hydrogens (tertiary/aromatic N) is 1. The Morgan fingerprint density at radius 3 is 2.55 bits per heavy atom. The maximum Gasteiger partial charge on any atom is 0.408 e. The van der Waals surface area contributed by atoms with Gasteiger partial charge in [0.15, 0.2) is 5.54 Å². The van der Waals surface area contributed by atoms with Gasteiger partial charge in [-0.2, -0.15) is 0 Å². The maximum absolute atomic E-state index is 11.9. The highest BCUT2D eigenvalue weighted by molar-refractivity contribution is 5.85. The van der Waals surface area contributed by atoms with Crippen molar-refractivity contribution < 1.29 is 24.2 Å². The van der Waals surface area contributed by atoms with Gasteiger partial charge in [0.05, 0.1) is 0 Å². The second-order valence-electron chi connectivity index (χ2n) is 6.74. The minimum Gasteiger partial charge on any atom is -0.479 e. The first kappa shape index (κ1) is 18.7. The van der Waals surface area contributed by atoms with Crippen molar-refractivity contribution in [2.24, 2.45) is 0 Å². The Morgan fingerprint density at radius 1 is 1.32 bits per heavy atom. The van der Waals surface area contributed by atoms with Crippen molar-refractivity contribution in [3.05, 3.63) is 0 Å². The number of rotatable bonds is 7. The number of hydrogen-bond donors (Lipinski definition) is 2. The summed E-state index contributed by atoms with van der Waals surface area (Å²) in [6.07, 6.45) is 1.57. The molecule has 1 unspecified atom stereocenters. The molecular weight excluding hydrogens is 288 g/mol. The molecule has 0 aromatic heterocycles. The Bertz CT molecular complexity index is 394. The summed E-state index contributed by atoms with van der Waals surface area (Å²) in [5.74, 6) is -1.02. The number of carbonyl (C=O) groups excluding carboxylic acids is 1. The van der Waals surface area contributed by atoms with Crippen molar-refractivity contribution in [1.29, 1.82) is 0 Å². The van der Waals surface area contributed by atoms with Crippen LogP contribution in [0, 0.1) is 0 Å². The molecule has 1 atom stereocenters. The zero-order chi connectivity index (χ0) is 16.8. The third-order valence-corrected chi connectivity index (χ3v) is 3.57. The van der Waals surface area contributed by atoms with Crippen LogP contribution in [0.15, 0.2) is 0 Å². The van der Waals surface area contributed by atoms with Crippen LogP contribution in [-0.2, 0) is 14.3 Å². The molecule has 1 aliphatic rings. The number of methoxy groups -OCH3 is 1. The predicted molar refractivity (Wildman–Crippen MR) is 81.9 cm³/mol. The fourth-order valence-corrected chi connectivity index (χ4v) is 2.49. The molecule has 1 aliphatic heterocycles. The molecule has 1 amide bonds. The van der Waals surface area contributed by atoms with Crippen molar-refractivity contribution in [2.45, 2.75) is 51.2 Å². The zero-order valence-electron chi connectivity index (χ0n) is 14.0. The molecule has 0 aromatic carbocycles. The highest BCUT2D eigenvalue weighted by Gasteiger charge is 2.46. The first-order valence-corrected chi connectivity index (χ1v) is 7.64. The average molecular weight is 316 g/mol. The molecule has 0 bridgehead atoms. The molecule has 1 heterocycles. The lowest BCUT2D eigenvalue weighted by atomic mass is 9.99. The summed E-state index contributed by atoms with van der Waals surface area (Å²) in [6.45, 7) is 7.69. The van der Waals surface area contributed by atoms with Crippen molar-refractivity contribution in [3.8, 4) is 0 Å². The minimum absolute atomic E-state index is 0.300. The molecule has 0 spiro atoms. The van der Waals surface area contributed by atoms with E-state index in [2.05, 4.69) is 10.2 Å². The fourth-order valence-electron chi connectivity index (χ4n) is 2.49. The van der Waals surface area contributed by atoms with E-state index in [1.165, 1.54) is 0 Å². The van der Waals surface area contributed by atoms with Gasteiger partial charge in [0.25, 0.3) is 0 Å². The van der Waals surface area contributed by atoms with Crippen LogP contribution in [0.3, 0.4) is 0 Å². The number of unbranched alkanes of at least 4 members (excludes halogenated alkanes) is 1. The maximum atomic E-state index is 11.9. The number of carboxylic acid groups (broad SMARTS) is 1. The van der Waals surface area contributed by atoms with Crippen LogP contribution in [0.4, 0.5) is 4.79 Å². The first-order valence-electron chi connectivity index (χ1n) is 7.64. The van der Waals surface area contributed by atoms with Crippen LogP contribution in [0.1, 0.15) is 40.0 Å². The molecule has 1 saturated heterocycles. The second-order valence-corrected chi connectivity index (χ2v) is 6.74. The Labute approximate surface area is 131 Å². The number of hydrogen-bond acceptors (Lipinski definition) is 5. The van der Waals surface area contributed by atoms with Gasteiger partial charge in [-0.05, 0) is 46.6 Å². The topological polar surface area (TPSA) is 88.1 Å². The standard InChI is InChI=1S/C15H28N2O5/c1-14(2,3)22-13(20)16-15(12(18)19)7-9-17(11-15)8-5-6-10-21-4/h5-11H2,1-4H3,(H,16,20)(H,18,19). The van der Waals surface area contributed by atoms with Gasteiger partial charge in [-0.15, -0.1) is 0 Å². The van der Waals surface area contributed by atoms with Crippen LogP contribution >= 0.6 is 0 Å². The van der Waals surface area contributed by atoms with E-state index in [1.807, 2.05) is 0 Å². The lowest BCUT2D eigenvalue weighted by Crippen LogP contribution is -2.57. The van der Waals surface area contributed by atoms with E-state index < -0.39 is 23.2 Å². The average Bonchev–Trinajstić information content (AvgIpc) is 2.77.